The number of hydrogen-bond acceptors (Lipinski definition) is 5. The Morgan fingerprint density at radius 2 is 1.94 bits per heavy atom. The predicted octanol–water partition coefficient (Wildman–Crippen LogP) is 5.31. The second-order valence-corrected chi connectivity index (χ2v) is 10.2. The van der Waals surface area contributed by atoms with Crippen molar-refractivity contribution in [2.75, 3.05) is 19.6 Å². The standard InChI is InChI=1S/C27H35F3N4O2/c1-19-16-24(33-36-19)17-26(35)31-18-21-4-2-20(3-5-21)9-13-34-14-10-22-6-7-23(8-12-27(28,29)30)32-25(22)11-15-34/h6-7,16,18,20-21H,2-5,8-15,17H2,1H3. The Kier molecular flexibility index (Phi) is 8.93. The highest BCUT2D eigenvalue weighted by Crippen LogP contribution is 2.30. The maximum Gasteiger partial charge on any atom is 0.389 e. The number of nitrogens with zero attached hydrogens (tertiary/aromatic N) is 4. The maximum absolute atomic E-state index is 12.5. The zero-order valence-electron chi connectivity index (χ0n) is 20.9. The smallest absolute Gasteiger partial charge is 0.361 e. The summed E-state index contributed by atoms with van der Waals surface area (Å²) in [5.41, 5.74) is 3.29. The van der Waals surface area contributed by atoms with Gasteiger partial charge in [-0.3, -0.25) is 9.78 Å². The molecule has 1 aliphatic heterocycles. The van der Waals surface area contributed by atoms with E-state index in [0.717, 1.165) is 70.3 Å². The molecule has 2 aromatic rings. The van der Waals surface area contributed by atoms with Gasteiger partial charge in [-0.05, 0) is 81.9 Å². The van der Waals surface area contributed by atoms with Gasteiger partial charge >= 0.3 is 6.18 Å². The summed E-state index contributed by atoms with van der Waals surface area (Å²) in [6.45, 7) is 4.70. The molecule has 3 heterocycles. The summed E-state index contributed by atoms with van der Waals surface area (Å²) in [7, 11) is 0. The van der Waals surface area contributed by atoms with Crippen molar-refractivity contribution in [3.63, 3.8) is 0 Å². The van der Waals surface area contributed by atoms with Crippen molar-refractivity contribution >= 4 is 12.1 Å². The van der Waals surface area contributed by atoms with Crippen molar-refractivity contribution in [2.45, 2.75) is 77.3 Å². The van der Waals surface area contributed by atoms with Crippen LogP contribution in [0.15, 0.2) is 27.7 Å². The molecule has 0 bridgehead atoms. The first-order valence-corrected chi connectivity index (χ1v) is 13.0. The molecule has 196 valence electrons. The summed E-state index contributed by atoms with van der Waals surface area (Å²) in [4.78, 5) is 23.2. The molecule has 0 unspecified atom stereocenters. The summed E-state index contributed by atoms with van der Waals surface area (Å²) < 4.78 is 42.6. The number of aryl methyl sites for hydroxylation is 2. The Labute approximate surface area is 210 Å². The van der Waals surface area contributed by atoms with E-state index in [-0.39, 0.29) is 18.7 Å². The van der Waals surface area contributed by atoms with Crippen molar-refractivity contribution in [3.8, 4) is 0 Å². The number of aromatic nitrogens is 2. The lowest BCUT2D eigenvalue weighted by Gasteiger charge is -2.28. The summed E-state index contributed by atoms with van der Waals surface area (Å²) in [5.74, 6) is 1.54. The fourth-order valence-corrected chi connectivity index (χ4v) is 5.19. The van der Waals surface area contributed by atoms with Gasteiger partial charge in [0.2, 0.25) is 0 Å². The minimum Gasteiger partial charge on any atom is -0.361 e. The number of alkyl halides is 3. The van der Waals surface area contributed by atoms with Gasteiger partial charge in [-0.2, -0.15) is 13.2 Å². The maximum atomic E-state index is 12.5. The highest BCUT2D eigenvalue weighted by molar-refractivity contribution is 5.86. The fraction of sp³-hybridized carbons (Fsp3) is 0.630. The Morgan fingerprint density at radius 1 is 1.17 bits per heavy atom. The highest BCUT2D eigenvalue weighted by atomic mass is 19.4. The van der Waals surface area contributed by atoms with Crippen molar-refractivity contribution in [1.82, 2.24) is 15.0 Å². The third-order valence-corrected chi connectivity index (χ3v) is 7.34. The minimum atomic E-state index is -4.15. The monoisotopic (exact) mass is 504 g/mol. The number of carbonyl (C=O) groups excluding carboxylic acids is 1. The molecule has 6 nitrogen and oxygen atoms in total. The van der Waals surface area contributed by atoms with Crippen LogP contribution in [0, 0.1) is 18.8 Å². The average Bonchev–Trinajstić information content (AvgIpc) is 3.14. The van der Waals surface area contributed by atoms with E-state index in [0.29, 0.717) is 29.0 Å². The summed E-state index contributed by atoms with van der Waals surface area (Å²) >= 11 is 0. The van der Waals surface area contributed by atoms with Crippen molar-refractivity contribution in [3.05, 3.63) is 46.6 Å². The molecule has 1 aliphatic carbocycles. The predicted molar refractivity (Wildman–Crippen MR) is 131 cm³/mol. The normalized spacial score (nSPS) is 21.4. The van der Waals surface area contributed by atoms with Gasteiger partial charge in [-0.25, -0.2) is 4.99 Å². The van der Waals surface area contributed by atoms with E-state index in [9.17, 15) is 18.0 Å². The van der Waals surface area contributed by atoms with Crippen molar-refractivity contribution in [2.24, 2.45) is 16.8 Å². The minimum absolute atomic E-state index is 0.0523. The first kappa shape index (κ1) is 26.5. The molecular formula is C27H35F3N4O2. The molecule has 1 amide bonds. The van der Waals surface area contributed by atoms with Gasteiger partial charge in [-0.1, -0.05) is 11.2 Å². The van der Waals surface area contributed by atoms with E-state index in [1.807, 2.05) is 12.3 Å². The lowest BCUT2D eigenvalue weighted by atomic mass is 9.81. The second-order valence-electron chi connectivity index (χ2n) is 10.2. The first-order chi connectivity index (χ1) is 17.2. The second kappa shape index (κ2) is 12.1. The van der Waals surface area contributed by atoms with Gasteiger partial charge in [0.25, 0.3) is 5.91 Å². The van der Waals surface area contributed by atoms with Gasteiger partial charge in [0.1, 0.15) is 5.76 Å². The molecule has 1 saturated carbocycles. The average molecular weight is 505 g/mol. The Morgan fingerprint density at radius 3 is 2.67 bits per heavy atom. The molecule has 0 radical (unpaired) electrons. The largest absolute Gasteiger partial charge is 0.389 e. The molecule has 1 fully saturated rings. The van der Waals surface area contributed by atoms with Crippen LogP contribution in [0.25, 0.3) is 0 Å². The van der Waals surface area contributed by atoms with E-state index < -0.39 is 12.6 Å². The number of carbonyl (C=O) groups is 1. The Hall–Kier alpha value is -2.55. The molecule has 0 aromatic carbocycles. The quantitative estimate of drug-likeness (QED) is 0.456. The zero-order valence-corrected chi connectivity index (χ0v) is 20.9. The number of amides is 1. The molecule has 2 aliphatic rings. The molecule has 0 saturated heterocycles. The van der Waals surface area contributed by atoms with E-state index in [4.69, 9.17) is 4.52 Å². The van der Waals surface area contributed by atoms with Crippen molar-refractivity contribution in [1.29, 1.82) is 0 Å². The van der Waals surface area contributed by atoms with Gasteiger partial charge in [-0.15, -0.1) is 0 Å². The highest BCUT2D eigenvalue weighted by Gasteiger charge is 2.27. The van der Waals surface area contributed by atoms with E-state index in [1.165, 1.54) is 5.56 Å². The molecule has 0 N–H and O–H groups in total. The third kappa shape index (κ3) is 8.25. The van der Waals surface area contributed by atoms with Crippen LogP contribution in [0.2, 0.25) is 0 Å². The van der Waals surface area contributed by atoms with Gasteiger partial charge in [0, 0.05) is 49.6 Å². The van der Waals surface area contributed by atoms with E-state index >= 15 is 0 Å². The molecule has 0 atom stereocenters. The molecule has 4 rings (SSSR count). The summed E-state index contributed by atoms with van der Waals surface area (Å²) in [5, 5.41) is 3.84. The molecular weight excluding hydrogens is 469 g/mol. The Balaban J connectivity index is 1.16. The lowest BCUT2D eigenvalue weighted by molar-refractivity contribution is -0.134. The summed E-state index contributed by atoms with van der Waals surface area (Å²) in [6.07, 6.45) is 4.22. The number of aliphatic imine (C=N–C) groups is 1. The molecule has 2 aromatic heterocycles. The van der Waals surface area contributed by atoms with Crippen LogP contribution < -0.4 is 0 Å². The topological polar surface area (TPSA) is 71.6 Å². The van der Waals surface area contributed by atoms with Crippen LogP contribution in [-0.2, 0) is 30.5 Å². The van der Waals surface area contributed by atoms with Gasteiger partial charge in [0.15, 0.2) is 0 Å². The SMILES string of the molecule is Cc1cc(CC(=O)N=CC2CCC(CCN3CCc4ccc(CCC(F)(F)F)nc4CC3)CC2)no1. The molecule has 9 heteroatoms. The number of fused-ring (bicyclic) bond motifs is 1. The lowest BCUT2D eigenvalue weighted by Crippen LogP contribution is -2.29. The van der Waals surface area contributed by atoms with Crippen LogP contribution in [-0.4, -0.2) is 53.0 Å². The Bertz CT molecular complexity index is 1040. The zero-order chi connectivity index (χ0) is 25.5. The van der Waals surface area contributed by atoms with Crippen LogP contribution in [0.4, 0.5) is 13.2 Å². The van der Waals surface area contributed by atoms with Crippen LogP contribution in [0.3, 0.4) is 0 Å². The number of halogens is 3. The molecule has 36 heavy (non-hydrogen) atoms. The fourth-order valence-electron chi connectivity index (χ4n) is 5.19. The third-order valence-electron chi connectivity index (χ3n) is 7.34. The number of hydrogen-bond donors (Lipinski definition) is 0. The van der Waals surface area contributed by atoms with Gasteiger partial charge < -0.3 is 9.42 Å². The summed E-state index contributed by atoms with van der Waals surface area (Å²) in [6, 6.07) is 5.48. The van der Waals surface area contributed by atoms with Crippen molar-refractivity contribution < 1.29 is 22.5 Å². The van der Waals surface area contributed by atoms with Crippen LogP contribution in [0.5, 0.6) is 0 Å². The molecule has 0 spiro atoms. The number of rotatable bonds is 8. The van der Waals surface area contributed by atoms with E-state index in [2.05, 4.69) is 20.0 Å². The van der Waals surface area contributed by atoms with Crippen LogP contribution in [0.1, 0.15) is 66.9 Å². The van der Waals surface area contributed by atoms with E-state index in [1.54, 1.807) is 19.1 Å². The first-order valence-electron chi connectivity index (χ1n) is 13.0. The number of pyridine rings is 1. The van der Waals surface area contributed by atoms with Crippen LogP contribution >= 0.6 is 0 Å². The van der Waals surface area contributed by atoms with Gasteiger partial charge in [0.05, 0.1) is 12.1 Å².